The molecule has 4 rings (SSSR count). The zero-order valence-electron chi connectivity index (χ0n) is 18.8. The number of hydrogen-bond donors (Lipinski definition) is 1. The summed E-state index contributed by atoms with van der Waals surface area (Å²) in [6.45, 7) is 0. The first kappa shape index (κ1) is 22.3. The van der Waals surface area contributed by atoms with E-state index in [0.29, 0.717) is 39.9 Å². The maximum absolute atomic E-state index is 13.5. The van der Waals surface area contributed by atoms with E-state index in [0.717, 1.165) is 5.56 Å². The second-order valence-corrected chi connectivity index (χ2v) is 7.57. The molecule has 8 heteroatoms. The zero-order valence-corrected chi connectivity index (χ0v) is 18.8. The van der Waals surface area contributed by atoms with Gasteiger partial charge in [-0.3, -0.25) is 4.79 Å². The molecule has 0 radical (unpaired) electrons. The molecule has 2 unspecified atom stereocenters. The van der Waals surface area contributed by atoms with Gasteiger partial charge < -0.3 is 29.6 Å². The van der Waals surface area contributed by atoms with E-state index in [1.165, 1.54) is 33.5 Å². The number of amides is 1. The summed E-state index contributed by atoms with van der Waals surface area (Å²) in [4.78, 5) is 15.1. The second-order valence-electron chi connectivity index (χ2n) is 7.57. The number of halogens is 1. The van der Waals surface area contributed by atoms with E-state index >= 15 is 0 Å². The maximum atomic E-state index is 13.5. The predicted molar refractivity (Wildman–Crippen MR) is 123 cm³/mol. The number of carbonyl (C=O) groups excluding carboxylic acids is 1. The highest BCUT2D eigenvalue weighted by atomic mass is 19.1. The Morgan fingerprint density at radius 3 is 1.88 bits per heavy atom. The van der Waals surface area contributed by atoms with Crippen LogP contribution in [0.2, 0.25) is 0 Å². The van der Waals surface area contributed by atoms with Crippen LogP contribution in [0.3, 0.4) is 0 Å². The van der Waals surface area contributed by atoms with Gasteiger partial charge in [-0.1, -0.05) is 18.2 Å². The number of rotatable bonds is 7. The van der Waals surface area contributed by atoms with Crippen molar-refractivity contribution in [3.8, 4) is 23.0 Å². The van der Waals surface area contributed by atoms with Crippen molar-refractivity contribution in [1.29, 1.82) is 0 Å². The summed E-state index contributed by atoms with van der Waals surface area (Å²) >= 11 is 0. The predicted octanol–water partition coefficient (Wildman–Crippen LogP) is 4.31. The summed E-state index contributed by atoms with van der Waals surface area (Å²) in [5.74, 6) is 0.805. The Morgan fingerprint density at radius 1 is 0.788 bits per heavy atom. The minimum atomic E-state index is -0.516. The number of ether oxygens (including phenoxy) is 4. The van der Waals surface area contributed by atoms with Gasteiger partial charge in [-0.2, -0.15) is 0 Å². The molecular formula is C25H25FN2O5. The van der Waals surface area contributed by atoms with Crippen molar-refractivity contribution in [2.24, 2.45) is 0 Å². The van der Waals surface area contributed by atoms with Crippen LogP contribution in [-0.4, -0.2) is 34.3 Å². The molecule has 172 valence electrons. The third kappa shape index (κ3) is 3.77. The first-order chi connectivity index (χ1) is 15.9. The highest BCUT2D eigenvalue weighted by molar-refractivity contribution is 6.07. The minimum absolute atomic E-state index is 0.143. The van der Waals surface area contributed by atoms with Crippen molar-refractivity contribution in [3.63, 3.8) is 0 Å². The lowest BCUT2D eigenvalue weighted by molar-refractivity contribution is -0.126. The van der Waals surface area contributed by atoms with Crippen molar-refractivity contribution in [2.75, 3.05) is 39.1 Å². The van der Waals surface area contributed by atoms with Gasteiger partial charge >= 0.3 is 0 Å². The smallest absolute Gasteiger partial charge is 0.237 e. The van der Waals surface area contributed by atoms with E-state index in [1.54, 1.807) is 48.4 Å². The van der Waals surface area contributed by atoms with Gasteiger partial charge in [-0.15, -0.1) is 0 Å². The Bertz CT molecular complexity index is 1160. The van der Waals surface area contributed by atoms with Gasteiger partial charge in [-0.05, 0) is 35.4 Å². The van der Waals surface area contributed by atoms with Crippen molar-refractivity contribution >= 4 is 17.3 Å². The van der Waals surface area contributed by atoms with Gasteiger partial charge in [0.2, 0.25) is 11.7 Å². The molecule has 0 bridgehead atoms. The number of β-lactam (4-membered cyclic amide) rings is 1. The third-order valence-electron chi connectivity index (χ3n) is 5.85. The number of carbonyl (C=O) groups is 1. The Hall–Kier alpha value is -3.94. The Balaban J connectivity index is 1.84. The van der Waals surface area contributed by atoms with Crippen LogP contribution in [0.1, 0.15) is 23.1 Å². The minimum Gasteiger partial charge on any atom is -0.495 e. The number of benzene rings is 3. The molecule has 0 aliphatic carbocycles. The molecule has 7 nitrogen and oxygen atoms in total. The van der Waals surface area contributed by atoms with Crippen LogP contribution in [0, 0.1) is 5.82 Å². The third-order valence-corrected chi connectivity index (χ3v) is 5.85. The number of nitrogen functional groups attached to an aromatic ring is 1. The summed E-state index contributed by atoms with van der Waals surface area (Å²) in [7, 11) is 6.09. The lowest BCUT2D eigenvalue weighted by Crippen LogP contribution is -2.53. The number of nitrogens with zero attached hydrogens (tertiary/aromatic N) is 1. The lowest BCUT2D eigenvalue weighted by Gasteiger charge is -2.48. The highest BCUT2D eigenvalue weighted by Gasteiger charge is 2.50. The average molecular weight is 452 g/mol. The van der Waals surface area contributed by atoms with Crippen LogP contribution in [-0.2, 0) is 4.79 Å². The molecule has 33 heavy (non-hydrogen) atoms. The summed E-state index contributed by atoms with van der Waals surface area (Å²) < 4.78 is 35.2. The van der Waals surface area contributed by atoms with Gasteiger partial charge in [0.05, 0.1) is 51.8 Å². The lowest BCUT2D eigenvalue weighted by atomic mass is 9.77. The molecule has 2 atom stereocenters. The van der Waals surface area contributed by atoms with Crippen LogP contribution in [0.5, 0.6) is 23.0 Å². The molecule has 0 spiro atoms. The largest absolute Gasteiger partial charge is 0.495 e. The topological polar surface area (TPSA) is 83.2 Å². The van der Waals surface area contributed by atoms with Crippen molar-refractivity contribution in [3.05, 3.63) is 71.5 Å². The SMILES string of the molecule is COc1ccc(C2C(c3ccc(F)cc3)C(=O)N2c2cc(OC)c(OC)c(OC)c2)cc1N. The molecule has 1 aliphatic rings. The molecule has 1 heterocycles. The summed E-state index contributed by atoms with van der Waals surface area (Å²) in [5, 5.41) is 0. The fourth-order valence-corrected chi connectivity index (χ4v) is 4.26. The second kappa shape index (κ2) is 8.90. The average Bonchev–Trinajstić information content (AvgIpc) is 2.82. The van der Waals surface area contributed by atoms with Crippen LogP contribution < -0.4 is 29.6 Å². The number of anilines is 2. The molecule has 0 saturated carbocycles. The summed E-state index contributed by atoms with van der Waals surface area (Å²) in [6, 6.07) is 14.4. The highest BCUT2D eigenvalue weighted by Crippen LogP contribution is 2.52. The molecule has 1 amide bonds. The van der Waals surface area contributed by atoms with Gasteiger partial charge in [0, 0.05) is 12.1 Å². The quantitative estimate of drug-likeness (QED) is 0.425. The molecule has 3 aromatic rings. The Kier molecular flexibility index (Phi) is 6.00. The van der Waals surface area contributed by atoms with Gasteiger partial charge in [0.25, 0.3) is 0 Å². The van der Waals surface area contributed by atoms with Crippen LogP contribution >= 0.6 is 0 Å². The van der Waals surface area contributed by atoms with E-state index < -0.39 is 5.92 Å². The molecule has 2 N–H and O–H groups in total. The Morgan fingerprint density at radius 2 is 1.36 bits per heavy atom. The fourth-order valence-electron chi connectivity index (χ4n) is 4.26. The van der Waals surface area contributed by atoms with Crippen LogP contribution in [0.4, 0.5) is 15.8 Å². The molecule has 3 aromatic carbocycles. The summed E-state index contributed by atoms with van der Waals surface area (Å²) in [5.41, 5.74) is 8.73. The molecular weight excluding hydrogens is 427 g/mol. The van der Waals surface area contributed by atoms with Crippen molar-refractivity contribution < 1.29 is 28.1 Å². The van der Waals surface area contributed by atoms with E-state index in [9.17, 15) is 9.18 Å². The van der Waals surface area contributed by atoms with Crippen LogP contribution in [0.25, 0.3) is 0 Å². The summed E-state index contributed by atoms with van der Waals surface area (Å²) in [6.07, 6.45) is 0. The number of methoxy groups -OCH3 is 4. The van der Waals surface area contributed by atoms with E-state index in [-0.39, 0.29) is 17.8 Å². The first-order valence-corrected chi connectivity index (χ1v) is 10.3. The van der Waals surface area contributed by atoms with Crippen LogP contribution in [0.15, 0.2) is 54.6 Å². The molecule has 1 aliphatic heterocycles. The normalized spacial score (nSPS) is 17.4. The maximum Gasteiger partial charge on any atom is 0.237 e. The van der Waals surface area contributed by atoms with E-state index in [4.69, 9.17) is 24.7 Å². The van der Waals surface area contributed by atoms with E-state index in [2.05, 4.69) is 0 Å². The number of nitrogens with two attached hydrogens (primary N) is 1. The number of hydrogen-bond acceptors (Lipinski definition) is 6. The van der Waals surface area contributed by atoms with Crippen molar-refractivity contribution in [1.82, 2.24) is 0 Å². The van der Waals surface area contributed by atoms with E-state index in [1.807, 2.05) is 6.07 Å². The molecule has 0 aromatic heterocycles. The monoisotopic (exact) mass is 452 g/mol. The Labute approximate surface area is 191 Å². The van der Waals surface area contributed by atoms with Gasteiger partial charge in [0.15, 0.2) is 11.5 Å². The van der Waals surface area contributed by atoms with Gasteiger partial charge in [0.1, 0.15) is 11.6 Å². The zero-order chi connectivity index (χ0) is 23.7. The van der Waals surface area contributed by atoms with Crippen molar-refractivity contribution in [2.45, 2.75) is 12.0 Å². The standard InChI is InChI=1S/C25H25FN2O5/c1-30-19-10-7-15(11-18(19)27)23-22(14-5-8-16(26)9-6-14)25(29)28(23)17-12-20(31-2)24(33-4)21(13-17)32-3/h5-13,22-23H,27H2,1-4H3. The first-order valence-electron chi connectivity index (χ1n) is 10.3. The van der Waals surface area contributed by atoms with Gasteiger partial charge in [-0.25, -0.2) is 4.39 Å². The molecule has 1 fully saturated rings. The molecule has 1 saturated heterocycles. The fraction of sp³-hybridized carbons (Fsp3) is 0.240.